The van der Waals surface area contributed by atoms with Gasteiger partial charge in [0.25, 0.3) is 0 Å². The Morgan fingerprint density at radius 2 is 1.96 bits per heavy atom. The average Bonchev–Trinajstić information content (AvgIpc) is 2.68. The molecule has 1 aromatic heterocycles. The SMILES string of the molecule is CC(Sc1nc2c(cc1C#N)CCCC2)C(=O)NC(=O)Nc1ccccc1. The molecule has 1 unspecified atom stereocenters. The molecule has 138 valence electrons. The molecular weight excluding hydrogens is 360 g/mol. The Kier molecular flexibility index (Phi) is 6.09. The van der Waals surface area contributed by atoms with E-state index < -0.39 is 17.2 Å². The van der Waals surface area contributed by atoms with Crippen LogP contribution in [-0.4, -0.2) is 22.2 Å². The number of carbonyl (C=O) groups is 2. The number of carbonyl (C=O) groups excluding carboxylic acids is 2. The van der Waals surface area contributed by atoms with Gasteiger partial charge >= 0.3 is 6.03 Å². The predicted molar refractivity (Wildman–Crippen MR) is 105 cm³/mol. The lowest BCUT2D eigenvalue weighted by molar-refractivity contribution is -0.119. The van der Waals surface area contributed by atoms with Crippen molar-refractivity contribution in [2.24, 2.45) is 0 Å². The monoisotopic (exact) mass is 380 g/mol. The maximum Gasteiger partial charge on any atom is 0.325 e. The van der Waals surface area contributed by atoms with Gasteiger partial charge in [-0.15, -0.1) is 0 Å². The van der Waals surface area contributed by atoms with Crippen LogP contribution in [-0.2, 0) is 17.6 Å². The Morgan fingerprint density at radius 1 is 1.22 bits per heavy atom. The summed E-state index contributed by atoms with van der Waals surface area (Å²) in [5, 5.41) is 14.3. The van der Waals surface area contributed by atoms with Crippen LogP contribution >= 0.6 is 11.8 Å². The van der Waals surface area contributed by atoms with Gasteiger partial charge in [0, 0.05) is 11.4 Å². The number of nitrogens with zero attached hydrogens (tertiary/aromatic N) is 2. The van der Waals surface area contributed by atoms with E-state index in [1.165, 1.54) is 11.8 Å². The van der Waals surface area contributed by atoms with Crippen molar-refractivity contribution >= 4 is 29.4 Å². The number of nitrogens with one attached hydrogen (secondary N) is 2. The van der Waals surface area contributed by atoms with E-state index in [1.54, 1.807) is 31.2 Å². The number of para-hydroxylation sites is 1. The Hall–Kier alpha value is -2.85. The van der Waals surface area contributed by atoms with Crippen LogP contribution in [0.1, 0.15) is 36.6 Å². The maximum atomic E-state index is 12.3. The molecule has 3 amide bonds. The van der Waals surface area contributed by atoms with E-state index in [1.807, 2.05) is 12.1 Å². The van der Waals surface area contributed by atoms with Crippen molar-refractivity contribution in [2.45, 2.75) is 42.9 Å². The van der Waals surface area contributed by atoms with Gasteiger partial charge in [-0.3, -0.25) is 10.1 Å². The van der Waals surface area contributed by atoms with Gasteiger partial charge in [-0.05, 0) is 56.4 Å². The number of nitriles is 1. The highest BCUT2D eigenvalue weighted by Crippen LogP contribution is 2.29. The molecule has 0 saturated carbocycles. The number of pyridine rings is 1. The number of benzene rings is 1. The molecule has 1 atom stereocenters. The number of thioether (sulfide) groups is 1. The van der Waals surface area contributed by atoms with Crippen LogP contribution in [0.5, 0.6) is 0 Å². The van der Waals surface area contributed by atoms with Crippen LogP contribution in [0.4, 0.5) is 10.5 Å². The summed E-state index contributed by atoms with van der Waals surface area (Å²) in [4.78, 5) is 28.9. The minimum Gasteiger partial charge on any atom is -0.308 e. The van der Waals surface area contributed by atoms with Gasteiger partial charge in [0.05, 0.1) is 10.8 Å². The van der Waals surface area contributed by atoms with Crippen molar-refractivity contribution in [2.75, 3.05) is 5.32 Å². The van der Waals surface area contributed by atoms with E-state index >= 15 is 0 Å². The quantitative estimate of drug-likeness (QED) is 0.789. The molecule has 0 bridgehead atoms. The first kappa shape index (κ1) is 18.9. The van der Waals surface area contributed by atoms with Crippen LogP contribution in [0.15, 0.2) is 41.4 Å². The highest BCUT2D eigenvalue weighted by atomic mass is 32.2. The van der Waals surface area contributed by atoms with Crippen molar-refractivity contribution < 1.29 is 9.59 Å². The number of hydrogen-bond acceptors (Lipinski definition) is 5. The molecule has 6 nitrogen and oxygen atoms in total. The summed E-state index contributed by atoms with van der Waals surface area (Å²) in [5.41, 5.74) is 3.22. The first-order chi connectivity index (χ1) is 13.1. The third kappa shape index (κ3) is 4.86. The van der Waals surface area contributed by atoms with Crippen LogP contribution in [0.3, 0.4) is 0 Å². The van der Waals surface area contributed by atoms with Gasteiger partial charge in [-0.25, -0.2) is 9.78 Å². The zero-order valence-electron chi connectivity index (χ0n) is 15.0. The van der Waals surface area contributed by atoms with E-state index in [0.717, 1.165) is 36.9 Å². The van der Waals surface area contributed by atoms with Crippen molar-refractivity contribution in [1.29, 1.82) is 5.26 Å². The molecule has 27 heavy (non-hydrogen) atoms. The first-order valence-electron chi connectivity index (χ1n) is 8.83. The topological polar surface area (TPSA) is 94.9 Å². The molecule has 7 heteroatoms. The highest BCUT2D eigenvalue weighted by molar-refractivity contribution is 8.00. The fourth-order valence-electron chi connectivity index (χ4n) is 2.90. The van der Waals surface area contributed by atoms with Crippen molar-refractivity contribution in [3.05, 3.63) is 53.2 Å². The molecule has 0 radical (unpaired) electrons. The number of imide groups is 1. The van der Waals surface area contributed by atoms with Crippen LogP contribution in [0.25, 0.3) is 0 Å². The molecule has 0 saturated heterocycles. The third-order valence-electron chi connectivity index (χ3n) is 4.31. The van der Waals surface area contributed by atoms with Gasteiger partial charge in [0.2, 0.25) is 5.91 Å². The second-order valence-electron chi connectivity index (χ2n) is 6.34. The number of aromatic nitrogens is 1. The number of rotatable bonds is 4. The summed E-state index contributed by atoms with van der Waals surface area (Å²) < 4.78 is 0. The summed E-state index contributed by atoms with van der Waals surface area (Å²) in [6, 6.07) is 12.4. The van der Waals surface area contributed by atoms with Crippen LogP contribution < -0.4 is 10.6 Å². The lowest BCUT2D eigenvalue weighted by Crippen LogP contribution is -2.38. The Balaban J connectivity index is 1.64. The van der Waals surface area contributed by atoms with E-state index in [9.17, 15) is 14.9 Å². The molecule has 2 aromatic rings. The lowest BCUT2D eigenvalue weighted by atomic mass is 9.95. The maximum absolute atomic E-state index is 12.3. The summed E-state index contributed by atoms with van der Waals surface area (Å²) in [7, 11) is 0. The Bertz CT molecular complexity index is 893. The standard InChI is InChI=1S/C20H20N4O2S/c1-13(18(25)24-20(26)22-16-8-3-2-4-9-16)27-19-15(12-21)11-14-7-5-6-10-17(14)23-19/h2-4,8-9,11,13H,5-7,10H2,1H3,(H2,22,24,25,26). The number of hydrogen-bond donors (Lipinski definition) is 2. The molecule has 1 heterocycles. The fourth-order valence-corrected chi connectivity index (χ4v) is 3.80. The predicted octanol–water partition coefficient (Wildman–Crippen LogP) is 3.66. The smallest absolute Gasteiger partial charge is 0.308 e. The molecule has 0 spiro atoms. The lowest BCUT2D eigenvalue weighted by Gasteiger charge is -2.18. The Labute approximate surface area is 162 Å². The zero-order valence-corrected chi connectivity index (χ0v) is 15.8. The number of urea groups is 1. The first-order valence-corrected chi connectivity index (χ1v) is 9.71. The second-order valence-corrected chi connectivity index (χ2v) is 7.66. The van der Waals surface area contributed by atoms with Crippen molar-refractivity contribution in [3.8, 4) is 6.07 Å². The van der Waals surface area contributed by atoms with Gasteiger partial charge in [0.1, 0.15) is 11.1 Å². The van der Waals surface area contributed by atoms with Crippen LogP contribution in [0, 0.1) is 11.3 Å². The fraction of sp³-hybridized carbons (Fsp3) is 0.300. The number of fused-ring (bicyclic) bond motifs is 1. The largest absolute Gasteiger partial charge is 0.325 e. The van der Waals surface area contributed by atoms with E-state index in [-0.39, 0.29) is 0 Å². The van der Waals surface area contributed by atoms with Crippen LogP contribution in [0.2, 0.25) is 0 Å². The van der Waals surface area contributed by atoms with Gasteiger partial charge in [0.15, 0.2) is 0 Å². The highest BCUT2D eigenvalue weighted by Gasteiger charge is 2.21. The summed E-state index contributed by atoms with van der Waals surface area (Å²) in [5.74, 6) is -0.433. The number of amides is 3. The van der Waals surface area contributed by atoms with Gasteiger partial charge in [-0.2, -0.15) is 5.26 Å². The number of aryl methyl sites for hydroxylation is 2. The molecule has 3 rings (SSSR count). The zero-order chi connectivity index (χ0) is 19.2. The minimum atomic E-state index is -0.586. The molecule has 1 aliphatic rings. The molecule has 2 N–H and O–H groups in total. The minimum absolute atomic E-state index is 0.433. The average molecular weight is 380 g/mol. The number of anilines is 1. The van der Waals surface area contributed by atoms with Gasteiger partial charge < -0.3 is 5.32 Å². The van der Waals surface area contributed by atoms with E-state index in [2.05, 4.69) is 21.7 Å². The molecule has 1 aliphatic carbocycles. The Morgan fingerprint density at radius 3 is 2.70 bits per heavy atom. The third-order valence-corrected chi connectivity index (χ3v) is 5.41. The molecule has 0 fully saturated rings. The summed E-state index contributed by atoms with van der Waals surface area (Å²) in [6.45, 7) is 1.69. The summed E-state index contributed by atoms with van der Waals surface area (Å²) in [6.07, 6.45) is 4.04. The van der Waals surface area contributed by atoms with Crippen molar-refractivity contribution in [1.82, 2.24) is 10.3 Å². The molecular formula is C20H20N4O2S. The van der Waals surface area contributed by atoms with E-state index in [0.29, 0.717) is 16.3 Å². The normalized spacial score (nSPS) is 13.8. The second kappa shape index (κ2) is 8.69. The van der Waals surface area contributed by atoms with Gasteiger partial charge in [-0.1, -0.05) is 30.0 Å². The summed E-state index contributed by atoms with van der Waals surface area (Å²) >= 11 is 1.20. The molecule has 0 aliphatic heterocycles. The van der Waals surface area contributed by atoms with E-state index in [4.69, 9.17) is 0 Å². The van der Waals surface area contributed by atoms with Crippen molar-refractivity contribution in [3.63, 3.8) is 0 Å². The molecule has 1 aromatic carbocycles.